The van der Waals surface area contributed by atoms with Crippen LogP contribution in [0.25, 0.3) is 0 Å². The maximum atomic E-state index is 6.46. The number of allylic oxidation sites excluding steroid dienone is 4. The maximum Gasteiger partial charge on any atom is 0.0912 e. The molecular formula is C12H11Cl. The molecule has 1 aliphatic rings. The second-order valence-electron chi connectivity index (χ2n) is 3.22. The van der Waals surface area contributed by atoms with Crippen LogP contribution in [0.2, 0.25) is 0 Å². The molecule has 66 valence electrons. The predicted molar refractivity (Wildman–Crippen MR) is 56.9 cm³/mol. The molecule has 1 unspecified atom stereocenters. The van der Waals surface area contributed by atoms with Crippen molar-refractivity contribution in [2.24, 2.45) is 0 Å². The Morgan fingerprint density at radius 1 is 1.08 bits per heavy atom. The summed E-state index contributed by atoms with van der Waals surface area (Å²) in [6.07, 6.45) is 9.05. The van der Waals surface area contributed by atoms with Crippen molar-refractivity contribution in [2.45, 2.75) is 11.3 Å². The summed E-state index contributed by atoms with van der Waals surface area (Å²) in [4.78, 5) is -0.323. The average molecular weight is 191 g/mol. The SMILES string of the molecule is ClC1(c2ccccc2)C=CC=CC1. The van der Waals surface area contributed by atoms with Crippen molar-refractivity contribution in [3.63, 3.8) is 0 Å². The highest BCUT2D eigenvalue weighted by atomic mass is 35.5. The van der Waals surface area contributed by atoms with Gasteiger partial charge in [0, 0.05) is 0 Å². The summed E-state index contributed by atoms with van der Waals surface area (Å²) >= 11 is 6.46. The van der Waals surface area contributed by atoms with E-state index in [0.29, 0.717) is 0 Å². The summed E-state index contributed by atoms with van der Waals surface area (Å²) in [5, 5.41) is 0. The van der Waals surface area contributed by atoms with Gasteiger partial charge in [0.2, 0.25) is 0 Å². The van der Waals surface area contributed by atoms with Gasteiger partial charge in [-0.25, -0.2) is 0 Å². The quantitative estimate of drug-likeness (QED) is 0.594. The van der Waals surface area contributed by atoms with Crippen LogP contribution in [0.5, 0.6) is 0 Å². The predicted octanol–water partition coefficient (Wildman–Crippen LogP) is 3.64. The van der Waals surface area contributed by atoms with Crippen molar-refractivity contribution in [1.29, 1.82) is 0 Å². The van der Waals surface area contributed by atoms with Gasteiger partial charge >= 0.3 is 0 Å². The molecule has 1 aromatic carbocycles. The van der Waals surface area contributed by atoms with Gasteiger partial charge in [0.05, 0.1) is 4.87 Å². The zero-order chi connectivity index (χ0) is 9.15. The highest BCUT2D eigenvalue weighted by Gasteiger charge is 2.25. The fourth-order valence-corrected chi connectivity index (χ4v) is 1.81. The molecule has 0 saturated heterocycles. The first-order chi connectivity index (χ1) is 6.31. The van der Waals surface area contributed by atoms with Crippen molar-refractivity contribution in [3.05, 3.63) is 60.2 Å². The monoisotopic (exact) mass is 190 g/mol. The fourth-order valence-electron chi connectivity index (χ4n) is 1.52. The molecule has 0 bridgehead atoms. The lowest BCUT2D eigenvalue weighted by Gasteiger charge is -2.24. The van der Waals surface area contributed by atoms with Gasteiger partial charge in [0.25, 0.3) is 0 Å². The van der Waals surface area contributed by atoms with Crippen LogP contribution in [0.1, 0.15) is 12.0 Å². The molecule has 0 N–H and O–H groups in total. The summed E-state index contributed by atoms with van der Waals surface area (Å²) in [7, 11) is 0. The van der Waals surface area contributed by atoms with Gasteiger partial charge in [-0.2, -0.15) is 0 Å². The van der Waals surface area contributed by atoms with Crippen molar-refractivity contribution >= 4 is 11.6 Å². The number of benzene rings is 1. The maximum absolute atomic E-state index is 6.46. The molecule has 0 amide bonds. The van der Waals surface area contributed by atoms with Crippen LogP contribution in [-0.2, 0) is 4.87 Å². The number of hydrogen-bond donors (Lipinski definition) is 0. The number of rotatable bonds is 1. The van der Waals surface area contributed by atoms with Gasteiger partial charge in [-0.15, -0.1) is 11.6 Å². The second-order valence-corrected chi connectivity index (χ2v) is 3.89. The van der Waals surface area contributed by atoms with Crippen molar-refractivity contribution in [3.8, 4) is 0 Å². The van der Waals surface area contributed by atoms with Crippen LogP contribution < -0.4 is 0 Å². The number of alkyl halides is 1. The van der Waals surface area contributed by atoms with Gasteiger partial charge in [0.1, 0.15) is 0 Å². The van der Waals surface area contributed by atoms with E-state index in [4.69, 9.17) is 11.6 Å². The Labute approximate surface area is 83.5 Å². The highest BCUT2D eigenvalue weighted by molar-refractivity contribution is 6.25. The molecule has 1 aromatic rings. The topological polar surface area (TPSA) is 0 Å². The second kappa shape index (κ2) is 3.39. The minimum Gasteiger partial charge on any atom is -0.109 e. The van der Waals surface area contributed by atoms with E-state index in [1.54, 1.807) is 0 Å². The zero-order valence-electron chi connectivity index (χ0n) is 7.28. The molecule has 1 aliphatic carbocycles. The van der Waals surface area contributed by atoms with Gasteiger partial charge in [0.15, 0.2) is 0 Å². The van der Waals surface area contributed by atoms with Crippen molar-refractivity contribution in [2.75, 3.05) is 0 Å². The van der Waals surface area contributed by atoms with Crippen LogP contribution >= 0.6 is 11.6 Å². The molecule has 13 heavy (non-hydrogen) atoms. The van der Waals surface area contributed by atoms with E-state index in [2.05, 4.69) is 18.2 Å². The molecule has 0 aliphatic heterocycles. The largest absolute Gasteiger partial charge is 0.109 e. The van der Waals surface area contributed by atoms with Gasteiger partial charge in [-0.1, -0.05) is 54.6 Å². The van der Waals surface area contributed by atoms with Crippen LogP contribution in [-0.4, -0.2) is 0 Å². The zero-order valence-corrected chi connectivity index (χ0v) is 8.04. The summed E-state index contributed by atoms with van der Waals surface area (Å²) in [6, 6.07) is 10.2. The molecule has 0 saturated carbocycles. The Morgan fingerprint density at radius 3 is 2.46 bits per heavy atom. The van der Waals surface area contributed by atoms with E-state index in [-0.39, 0.29) is 4.87 Å². The Hall–Kier alpha value is -1.01. The molecular weight excluding hydrogens is 180 g/mol. The van der Waals surface area contributed by atoms with Gasteiger partial charge in [-0.05, 0) is 12.0 Å². The minimum absolute atomic E-state index is 0.323. The van der Waals surface area contributed by atoms with Gasteiger partial charge in [-0.3, -0.25) is 0 Å². The molecule has 1 heteroatoms. The normalized spacial score (nSPS) is 26.2. The molecule has 2 rings (SSSR count). The molecule has 0 heterocycles. The fraction of sp³-hybridized carbons (Fsp3) is 0.167. The summed E-state index contributed by atoms with van der Waals surface area (Å²) in [5.74, 6) is 0. The van der Waals surface area contributed by atoms with E-state index in [9.17, 15) is 0 Å². The third-order valence-corrected chi connectivity index (χ3v) is 2.77. The first kappa shape index (κ1) is 8.58. The van der Waals surface area contributed by atoms with E-state index >= 15 is 0 Å². The van der Waals surface area contributed by atoms with Crippen LogP contribution in [0.4, 0.5) is 0 Å². The highest BCUT2D eigenvalue weighted by Crippen LogP contribution is 2.36. The number of hydrogen-bond acceptors (Lipinski definition) is 0. The smallest absolute Gasteiger partial charge is 0.0912 e. The average Bonchev–Trinajstić information content (AvgIpc) is 2.20. The van der Waals surface area contributed by atoms with E-state index < -0.39 is 0 Å². The lowest BCUT2D eigenvalue weighted by Crippen LogP contribution is -2.15. The lowest BCUT2D eigenvalue weighted by molar-refractivity contribution is 0.763. The molecule has 0 nitrogen and oxygen atoms in total. The molecule has 0 aromatic heterocycles. The molecule has 1 atom stereocenters. The Kier molecular flexibility index (Phi) is 2.24. The van der Waals surface area contributed by atoms with Crippen molar-refractivity contribution in [1.82, 2.24) is 0 Å². The third-order valence-electron chi connectivity index (χ3n) is 2.28. The van der Waals surface area contributed by atoms with E-state index in [0.717, 1.165) is 12.0 Å². The Balaban J connectivity index is 2.35. The lowest BCUT2D eigenvalue weighted by atomic mass is 9.92. The van der Waals surface area contributed by atoms with E-state index in [1.165, 1.54) is 0 Å². The van der Waals surface area contributed by atoms with Gasteiger partial charge < -0.3 is 0 Å². The minimum atomic E-state index is -0.323. The summed E-state index contributed by atoms with van der Waals surface area (Å²) in [6.45, 7) is 0. The standard InChI is InChI=1S/C12H11Cl/c13-12(9-5-2-6-10-12)11-7-3-1-4-8-11/h1-9H,10H2. The Morgan fingerprint density at radius 2 is 1.85 bits per heavy atom. The summed E-state index contributed by atoms with van der Waals surface area (Å²) < 4.78 is 0. The Bertz CT molecular complexity index is 337. The number of halogens is 1. The molecule has 0 fully saturated rings. The van der Waals surface area contributed by atoms with Crippen molar-refractivity contribution < 1.29 is 0 Å². The van der Waals surface area contributed by atoms with Crippen LogP contribution in [0, 0.1) is 0 Å². The first-order valence-electron chi connectivity index (χ1n) is 4.40. The molecule has 0 radical (unpaired) electrons. The summed E-state index contributed by atoms with van der Waals surface area (Å²) in [5.41, 5.74) is 1.16. The van der Waals surface area contributed by atoms with Crippen LogP contribution in [0.15, 0.2) is 54.6 Å². The third kappa shape index (κ3) is 1.68. The first-order valence-corrected chi connectivity index (χ1v) is 4.78. The van der Waals surface area contributed by atoms with E-state index in [1.807, 2.05) is 36.4 Å². The molecule has 0 spiro atoms. The van der Waals surface area contributed by atoms with Crippen LogP contribution in [0.3, 0.4) is 0 Å².